The fraction of sp³-hybridized carbons (Fsp3) is 0.500. The predicted molar refractivity (Wildman–Crippen MR) is 72.9 cm³/mol. The third-order valence-corrected chi connectivity index (χ3v) is 3.02. The van der Waals surface area contributed by atoms with Gasteiger partial charge in [-0.25, -0.2) is 0 Å². The highest BCUT2D eigenvalue weighted by atomic mass is 79.9. The van der Waals surface area contributed by atoms with Gasteiger partial charge in [0.05, 0.1) is 6.61 Å². The SMILES string of the molecule is [CH2]c1cc(Br)ccc1OCCCCCCC. The van der Waals surface area contributed by atoms with Crippen LogP contribution in [0.4, 0.5) is 0 Å². The summed E-state index contributed by atoms with van der Waals surface area (Å²) < 4.78 is 6.74. The lowest BCUT2D eigenvalue weighted by Gasteiger charge is -2.09. The molecule has 0 heterocycles. The molecule has 0 aromatic heterocycles. The third kappa shape index (κ3) is 5.02. The van der Waals surface area contributed by atoms with Crippen molar-refractivity contribution in [2.24, 2.45) is 0 Å². The minimum absolute atomic E-state index is 0.799. The molecule has 0 fully saturated rings. The molecular formula is C14H20BrO. The average Bonchev–Trinajstić information content (AvgIpc) is 2.26. The molecule has 0 saturated heterocycles. The number of unbranched alkanes of at least 4 members (excludes halogenated alkanes) is 4. The molecule has 0 bridgehead atoms. The predicted octanol–water partition coefficient (Wildman–Crippen LogP) is 4.98. The molecular weight excluding hydrogens is 264 g/mol. The van der Waals surface area contributed by atoms with E-state index in [2.05, 4.69) is 29.8 Å². The lowest BCUT2D eigenvalue weighted by atomic mass is 10.2. The van der Waals surface area contributed by atoms with Crippen LogP contribution in [0.3, 0.4) is 0 Å². The van der Waals surface area contributed by atoms with Crippen molar-refractivity contribution in [3.05, 3.63) is 35.2 Å². The van der Waals surface area contributed by atoms with Crippen LogP contribution in [0.1, 0.15) is 44.6 Å². The van der Waals surface area contributed by atoms with Crippen LogP contribution in [-0.4, -0.2) is 6.61 Å². The van der Waals surface area contributed by atoms with Crippen LogP contribution in [0.15, 0.2) is 22.7 Å². The van der Waals surface area contributed by atoms with Gasteiger partial charge in [-0.15, -0.1) is 0 Å². The summed E-state index contributed by atoms with van der Waals surface area (Å²) in [4.78, 5) is 0. The van der Waals surface area contributed by atoms with Gasteiger partial charge in [0, 0.05) is 4.47 Å². The first-order valence-corrected chi connectivity index (χ1v) is 6.77. The normalized spacial score (nSPS) is 10.4. The number of benzene rings is 1. The zero-order valence-electron chi connectivity index (χ0n) is 9.97. The first-order valence-electron chi connectivity index (χ1n) is 5.98. The Morgan fingerprint density at radius 3 is 2.62 bits per heavy atom. The highest BCUT2D eigenvalue weighted by molar-refractivity contribution is 9.10. The molecule has 0 aliphatic rings. The van der Waals surface area contributed by atoms with Crippen LogP contribution >= 0.6 is 15.9 Å². The van der Waals surface area contributed by atoms with Gasteiger partial charge in [-0.1, -0.05) is 48.5 Å². The summed E-state index contributed by atoms with van der Waals surface area (Å²) in [6.07, 6.45) is 6.33. The van der Waals surface area contributed by atoms with Crippen molar-refractivity contribution in [2.75, 3.05) is 6.61 Å². The van der Waals surface area contributed by atoms with E-state index in [0.29, 0.717) is 0 Å². The van der Waals surface area contributed by atoms with E-state index in [1.54, 1.807) is 0 Å². The van der Waals surface area contributed by atoms with Gasteiger partial charge >= 0.3 is 0 Å². The van der Waals surface area contributed by atoms with Gasteiger partial charge < -0.3 is 4.74 Å². The summed E-state index contributed by atoms with van der Waals surface area (Å²) in [5.74, 6) is 0.902. The smallest absolute Gasteiger partial charge is 0.122 e. The lowest BCUT2D eigenvalue weighted by molar-refractivity contribution is 0.303. The van der Waals surface area contributed by atoms with Gasteiger partial charge in [-0.3, -0.25) is 0 Å². The second kappa shape index (κ2) is 7.72. The standard InChI is InChI=1S/C14H20BrO/c1-3-4-5-6-7-10-16-14-9-8-13(15)11-12(14)2/h8-9,11H,2-7,10H2,1H3. The molecule has 0 N–H and O–H groups in total. The minimum atomic E-state index is 0.799. The Morgan fingerprint density at radius 1 is 1.19 bits per heavy atom. The van der Waals surface area contributed by atoms with Crippen LogP contribution in [0, 0.1) is 6.92 Å². The Morgan fingerprint density at radius 2 is 1.94 bits per heavy atom. The summed E-state index contributed by atoms with van der Waals surface area (Å²) in [5, 5.41) is 0. The summed E-state index contributed by atoms with van der Waals surface area (Å²) >= 11 is 3.41. The first kappa shape index (κ1) is 13.6. The maximum absolute atomic E-state index is 5.69. The maximum atomic E-state index is 5.69. The van der Waals surface area contributed by atoms with E-state index in [1.165, 1.54) is 25.7 Å². The lowest BCUT2D eigenvalue weighted by Crippen LogP contribution is -1.98. The molecule has 0 atom stereocenters. The maximum Gasteiger partial charge on any atom is 0.122 e. The molecule has 1 nitrogen and oxygen atoms in total. The van der Waals surface area contributed by atoms with Crippen molar-refractivity contribution in [2.45, 2.75) is 39.0 Å². The van der Waals surface area contributed by atoms with Crippen LogP contribution < -0.4 is 4.74 Å². The zero-order chi connectivity index (χ0) is 11.8. The number of halogens is 1. The highest BCUT2D eigenvalue weighted by Crippen LogP contribution is 2.22. The fourth-order valence-corrected chi connectivity index (χ4v) is 1.99. The molecule has 1 aromatic rings. The van der Waals surface area contributed by atoms with Gasteiger partial charge in [-0.05, 0) is 37.1 Å². The highest BCUT2D eigenvalue weighted by Gasteiger charge is 1.99. The van der Waals surface area contributed by atoms with E-state index in [9.17, 15) is 0 Å². The van der Waals surface area contributed by atoms with E-state index >= 15 is 0 Å². The second-order valence-electron chi connectivity index (χ2n) is 4.01. The molecule has 0 amide bonds. The van der Waals surface area contributed by atoms with Crippen molar-refractivity contribution in [1.29, 1.82) is 0 Å². The van der Waals surface area contributed by atoms with Crippen LogP contribution in [0.2, 0.25) is 0 Å². The molecule has 89 valence electrons. The molecule has 0 aliphatic carbocycles. The first-order chi connectivity index (χ1) is 7.74. The molecule has 1 rings (SSSR count). The van der Waals surface area contributed by atoms with E-state index in [-0.39, 0.29) is 0 Å². The summed E-state index contributed by atoms with van der Waals surface area (Å²) in [6.45, 7) is 6.98. The Bertz CT molecular complexity index is 310. The quantitative estimate of drug-likeness (QED) is 0.641. The molecule has 0 unspecified atom stereocenters. The largest absolute Gasteiger partial charge is 0.493 e. The Hall–Kier alpha value is -0.500. The Balaban J connectivity index is 2.21. The Labute approximate surface area is 107 Å². The Kier molecular flexibility index (Phi) is 6.55. The van der Waals surface area contributed by atoms with Gasteiger partial charge in [0.2, 0.25) is 0 Å². The third-order valence-electron chi connectivity index (χ3n) is 2.53. The molecule has 0 aliphatic heterocycles. The van der Waals surface area contributed by atoms with Crippen molar-refractivity contribution < 1.29 is 4.74 Å². The molecule has 16 heavy (non-hydrogen) atoms. The van der Waals surface area contributed by atoms with Crippen LogP contribution in [-0.2, 0) is 0 Å². The second-order valence-corrected chi connectivity index (χ2v) is 4.93. The van der Waals surface area contributed by atoms with Crippen LogP contribution in [0.25, 0.3) is 0 Å². The van der Waals surface area contributed by atoms with Crippen LogP contribution in [0.5, 0.6) is 5.75 Å². The molecule has 0 saturated carbocycles. The van der Waals surface area contributed by atoms with E-state index < -0.39 is 0 Å². The van der Waals surface area contributed by atoms with E-state index in [1.807, 2.05) is 18.2 Å². The van der Waals surface area contributed by atoms with Crippen molar-refractivity contribution in [3.8, 4) is 5.75 Å². The van der Waals surface area contributed by atoms with Crippen molar-refractivity contribution in [1.82, 2.24) is 0 Å². The number of ether oxygens (including phenoxy) is 1. The minimum Gasteiger partial charge on any atom is -0.493 e. The van der Waals surface area contributed by atoms with Gasteiger partial charge in [0.1, 0.15) is 5.75 Å². The van der Waals surface area contributed by atoms with E-state index in [0.717, 1.165) is 28.8 Å². The van der Waals surface area contributed by atoms with Gasteiger partial charge in [0.15, 0.2) is 0 Å². The molecule has 2 heteroatoms. The molecule has 0 spiro atoms. The average molecular weight is 284 g/mol. The van der Waals surface area contributed by atoms with Gasteiger partial charge in [-0.2, -0.15) is 0 Å². The molecule has 1 aromatic carbocycles. The number of hydrogen-bond donors (Lipinski definition) is 0. The zero-order valence-corrected chi connectivity index (χ0v) is 11.6. The summed E-state index contributed by atoms with van der Waals surface area (Å²) in [5.41, 5.74) is 0.947. The topological polar surface area (TPSA) is 9.23 Å². The monoisotopic (exact) mass is 283 g/mol. The van der Waals surface area contributed by atoms with Crippen molar-refractivity contribution in [3.63, 3.8) is 0 Å². The van der Waals surface area contributed by atoms with Crippen molar-refractivity contribution >= 4 is 15.9 Å². The van der Waals surface area contributed by atoms with E-state index in [4.69, 9.17) is 4.74 Å². The molecule has 1 radical (unpaired) electrons. The summed E-state index contributed by atoms with van der Waals surface area (Å²) in [7, 11) is 0. The number of rotatable bonds is 7. The van der Waals surface area contributed by atoms with Gasteiger partial charge in [0.25, 0.3) is 0 Å². The fourth-order valence-electron chi connectivity index (χ4n) is 1.58. The number of hydrogen-bond acceptors (Lipinski definition) is 1. The summed E-state index contributed by atoms with van der Waals surface area (Å²) in [6, 6.07) is 5.94.